The zero-order valence-electron chi connectivity index (χ0n) is 15.6. The third-order valence-corrected chi connectivity index (χ3v) is 5.37. The van der Waals surface area contributed by atoms with E-state index in [9.17, 15) is 9.59 Å². The highest BCUT2D eigenvalue weighted by Gasteiger charge is 2.24. The SMILES string of the molecule is COCCOCC(=O)N1CCC(NC(=O)CCC2CCCCC2)CC1. The highest BCUT2D eigenvalue weighted by molar-refractivity contribution is 5.78. The molecule has 2 amide bonds. The van der Waals surface area contributed by atoms with Gasteiger partial charge < -0.3 is 19.7 Å². The fourth-order valence-corrected chi connectivity index (χ4v) is 3.78. The molecule has 0 aromatic carbocycles. The summed E-state index contributed by atoms with van der Waals surface area (Å²) in [6.45, 7) is 2.44. The van der Waals surface area contributed by atoms with Crippen LogP contribution in [-0.4, -0.2) is 62.8 Å². The first-order valence-corrected chi connectivity index (χ1v) is 9.83. The first kappa shape index (κ1) is 20.2. The minimum atomic E-state index is 0.0261. The Balaban J connectivity index is 1.56. The summed E-state index contributed by atoms with van der Waals surface area (Å²) in [4.78, 5) is 26.0. The predicted octanol–water partition coefficient (Wildman–Crippen LogP) is 2.12. The van der Waals surface area contributed by atoms with Gasteiger partial charge in [-0.2, -0.15) is 0 Å². The van der Waals surface area contributed by atoms with Gasteiger partial charge in [0.15, 0.2) is 0 Å². The van der Waals surface area contributed by atoms with Gasteiger partial charge in [-0.05, 0) is 25.2 Å². The zero-order chi connectivity index (χ0) is 17.9. The molecule has 0 atom stereocenters. The minimum Gasteiger partial charge on any atom is -0.382 e. The van der Waals surface area contributed by atoms with E-state index in [1.54, 1.807) is 7.11 Å². The first-order chi connectivity index (χ1) is 12.2. The fourth-order valence-electron chi connectivity index (χ4n) is 3.78. The van der Waals surface area contributed by atoms with Gasteiger partial charge in [-0.25, -0.2) is 0 Å². The fraction of sp³-hybridized carbons (Fsp3) is 0.895. The molecular formula is C19H34N2O4. The van der Waals surface area contributed by atoms with Crippen molar-refractivity contribution >= 4 is 11.8 Å². The summed E-state index contributed by atoms with van der Waals surface area (Å²) >= 11 is 0. The maximum Gasteiger partial charge on any atom is 0.248 e. The third kappa shape index (κ3) is 7.74. The number of piperidine rings is 1. The van der Waals surface area contributed by atoms with Crippen molar-refractivity contribution in [3.8, 4) is 0 Å². The summed E-state index contributed by atoms with van der Waals surface area (Å²) in [6, 6.07) is 0.206. The van der Waals surface area contributed by atoms with Gasteiger partial charge in [0.05, 0.1) is 13.2 Å². The first-order valence-electron chi connectivity index (χ1n) is 9.83. The number of carbonyl (C=O) groups is 2. The maximum atomic E-state index is 12.1. The lowest BCUT2D eigenvalue weighted by Crippen LogP contribution is -2.47. The van der Waals surface area contributed by atoms with Crippen LogP contribution in [0.2, 0.25) is 0 Å². The van der Waals surface area contributed by atoms with Gasteiger partial charge in [-0.1, -0.05) is 32.1 Å². The number of hydrogen-bond donors (Lipinski definition) is 1. The summed E-state index contributed by atoms with van der Waals surface area (Å²) in [5.74, 6) is 0.952. The molecule has 1 aliphatic carbocycles. The molecule has 25 heavy (non-hydrogen) atoms. The Morgan fingerprint density at radius 2 is 1.76 bits per heavy atom. The van der Waals surface area contributed by atoms with E-state index in [0.29, 0.717) is 32.7 Å². The van der Waals surface area contributed by atoms with Crippen molar-refractivity contribution in [2.24, 2.45) is 5.92 Å². The van der Waals surface area contributed by atoms with Gasteiger partial charge in [-0.15, -0.1) is 0 Å². The van der Waals surface area contributed by atoms with Gasteiger partial charge in [-0.3, -0.25) is 9.59 Å². The molecule has 0 unspecified atom stereocenters. The van der Waals surface area contributed by atoms with Crippen LogP contribution in [0.4, 0.5) is 0 Å². The summed E-state index contributed by atoms with van der Waals surface area (Å²) < 4.78 is 10.2. The van der Waals surface area contributed by atoms with Crippen molar-refractivity contribution in [2.45, 2.75) is 63.8 Å². The van der Waals surface area contributed by atoms with E-state index >= 15 is 0 Å². The molecule has 2 rings (SSSR count). The lowest BCUT2D eigenvalue weighted by atomic mass is 9.86. The number of methoxy groups -OCH3 is 1. The quantitative estimate of drug-likeness (QED) is 0.644. The number of rotatable bonds is 9. The second-order valence-corrected chi connectivity index (χ2v) is 7.31. The van der Waals surface area contributed by atoms with Crippen LogP contribution >= 0.6 is 0 Å². The highest BCUT2D eigenvalue weighted by Crippen LogP contribution is 2.27. The Hall–Kier alpha value is -1.14. The van der Waals surface area contributed by atoms with Crippen LogP contribution in [0.1, 0.15) is 57.8 Å². The molecule has 1 heterocycles. The van der Waals surface area contributed by atoms with Crippen molar-refractivity contribution in [2.75, 3.05) is 40.0 Å². The van der Waals surface area contributed by atoms with E-state index in [4.69, 9.17) is 9.47 Å². The van der Waals surface area contributed by atoms with Gasteiger partial charge in [0, 0.05) is 32.7 Å². The molecular weight excluding hydrogens is 320 g/mol. The Bertz CT molecular complexity index is 402. The van der Waals surface area contributed by atoms with Crippen molar-refractivity contribution < 1.29 is 19.1 Å². The number of carbonyl (C=O) groups excluding carboxylic acids is 2. The summed E-state index contributed by atoms with van der Waals surface area (Å²) in [5, 5.41) is 3.15. The second kappa shape index (κ2) is 11.5. The maximum absolute atomic E-state index is 12.1. The number of likely N-dealkylation sites (tertiary alicyclic amines) is 1. The van der Waals surface area contributed by atoms with E-state index in [-0.39, 0.29) is 24.5 Å². The Labute approximate surface area is 151 Å². The van der Waals surface area contributed by atoms with E-state index in [1.165, 1.54) is 32.1 Å². The van der Waals surface area contributed by atoms with Crippen molar-refractivity contribution in [1.29, 1.82) is 0 Å². The number of nitrogens with one attached hydrogen (secondary N) is 1. The van der Waals surface area contributed by atoms with Crippen LogP contribution in [-0.2, 0) is 19.1 Å². The minimum absolute atomic E-state index is 0.0261. The Morgan fingerprint density at radius 3 is 2.44 bits per heavy atom. The molecule has 1 saturated heterocycles. The molecule has 1 aliphatic heterocycles. The van der Waals surface area contributed by atoms with Crippen LogP contribution in [0.5, 0.6) is 0 Å². The van der Waals surface area contributed by atoms with Crippen molar-refractivity contribution in [3.63, 3.8) is 0 Å². The third-order valence-electron chi connectivity index (χ3n) is 5.37. The molecule has 1 saturated carbocycles. The molecule has 144 valence electrons. The molecule has 0 aromatic heterocycles. The monoisotopic (exact) mass is 354 g/mol. The topological polar surface area (TPSA) is 67.9 Å². The zero-order valence-corrected chi connectivity index (χ0v) is 15.6. The average molecular weight is 354 g/mol. The van der Waals surface area contributed by atoms with Crippen molar-refractivity contribution in [1.82, 2.24) is 10.2 Å². The molecule has 1 N–H and O–H groups in total. The lowest BCUT2D eigenvalue weighted by molar-refractivity contribution is -0.137. The standard InChI is InChI=1S/C19H34N2O4/c1-24-13-14-25-15-19(23)21-11-9-17(10-12-21)20-18(22)8-7-16-5-3-2-4-6-16/h16-17H,2-15H2,1H3,(H,20,22). The Morgan fingerprint density at radius 1 is 1.04 bits per heavy atom. The van der Waals surface area contributed by atoms with Crippen LogP contribution in [0, 0.1) is 5.92 Å². The molecule has 6 heteroatoms. The van der Waals surface area contributed by atoms with Crippen LogP contribution in [0.3, 0.4) is 0 Å². The number of ether oxygens (including phenoxy) is 2. The number of hydrogen-bond acceptors (Lipinski definition) is 4. The summed E-state index contributed by atoms with van der Waals surface area (Å²) in [7, 11) is 1.61. The molecule has 6 nitrogen and oxygen atoms in total. The Kier molecular flexibility index (Phi) is 9.26. The average Bonchev–Trinajstić information content (AvgIpc) is 2.65. The van der Waals surface area contributed by atoms with Crippen LogP contribution < -0.4 is 5.32 Å². The van der Waals surface area contributed by atoms with Crippen LogP contribution in [0.15, 0.2) is 0 Å². The van der Waals surface area contributed by atoms with E-state index in [1.807, 2.05) is 4.90 Å². The summed E-state index contributed by atoms with van der Waals surface area (Å²) in [5.41, 5.74) is 0. The van der Waals surface area contributed by atoms with Gasteiger partial charge in [0.25, 0.3) is 0 Å². The van der Waals surface area contributed by atoms with Gasteiger partial charge in [0.2, 0.25) is 11.8 Å². The van der Waals surface area contributed by atoms with Crippen LogP contribution in [0.25, 0.3) is 0 Å². The molecule has 0 radical (unpaired) electrons. The van der Waals surface area contributed by atoms with Gasteiger partial charge >= 0.3 is 0 Å². The summed E-state index contributed by atoms with van der Waals surface area (Å²) in [6.07, 6.45) is 9.94. The predicted molar refractivity (Wildman–Crippen MR) is 96.2 cm³/mol. The highest BCUT2D eigenvalue weighted by atomic mass is 16.5. The molecule has 0 bridgehead atoms. The van der Waals surface area contributed by atoms with E-state index in [2.05, 4.69) is 5.32 Å². The van der Waals surface area contributed by atoms with Crippen molar-refractivity contribution in [3.05, 3.63) is 0 Å². The molecule has 0 aromatic rings. The number of nitrogens with zero attached hydrogens (tertiary/aromatic N) is 1. The lowest BCUT2D eigenvalue weighted by Gasteiger charge is -2.32. The molecule has 2 aliphatic rings. The van der Waals surface area contributed by atoms with E-state index in [0.717, 1.165) is 25.2 Å². The smallest absolute Gasteiger partial charge is 0.248 e. The number of amides is 2. The van der Waals surface area contributed by atoms with E-state index < -0.39 is 0 Å². The normalized spacial score (nSPS) is 19.8. The molecule has 2 fully saturated rings. The largest absolute Gasteiger partial charge is 0.382 e. The molecule has 0 spiro atoms. The second-order valence-electron chi connectivity index (χ2n) is 7.31. The van der Waals surface area contributed by atoms with Gasteiger partial charge in [0.1, 0.15) is 6.61 Å².